The number of ether oxygens (including phenoxy) is 1. The van der Waals surface area contributed by atoms with Crippen LogP contribution in [0.2, 0.25) is 0 Å². The zero-order chi connectivity index (χ0) is 19.7. The normalized spacial score (nSPS) is 11.3. The van der Waals surface area contributed by atoms with Gasteiger partial charge in [0.2, 0.25) is 0 Å². The monoisotopic (exact) mass is 375 g/mol. The summed E-state index contributed by atoms with van der Waals surface area (Å²) < 4.78 is 8.00. The molecule has 0 amide bonds. The Balaban J connectivity index is 1.69. The molecular weight excluding hydrogens is 354 g/mol. The number of ketones is 1. The van der Waals surface area contributed by atoms with Crippen LogP contribution in [-0.4, -0.2) is 30.5 Å². The lowest BCUT2D eigenvalue weighted by atomic mass is 10.1. The number of H-pyrrole nitrogens is 1. The maximum absolute atomic E-state index is 12.2. The predicted molar refractivity (Wildman–Crippen MR) is 106 cm³/mol. The van der Waals surface area contributed by atoms with Crippen molar-refractivity contribution in [3.63, 3.8) is 0 Å². The highest BCUT2D eigenvalue weighted by Crippen LogP contribution is 2.29. The Morgan fingerprint density at radius 2 is 2.04 bits per heavy atom. The molecule has 0 atom stereocenters. The lowest BCUT2D eigenvalue weighted by Crippen LogP contribution is -2.08. The second-order valence-electron chi connectivity index (χ2n) is 6.85. The molecule has 0 aliphatic carbocycles. The standard InChI is InChI=1S/C21H21N5O2/c1-13(2)26-17(8-10-25-26)20-15(5-4-9-22-20)11-28-18-7-6-16-21(24-12-23-16)19(18)14(3)27/h4-10,12-13H,11H2,1-3H3,(H,23,24). The minimum atomic E-state index is -0.0749. The summed E-state index contributed by atoms with van der Waals surface area (Å²) in [6.07, 6.45) is 5.11. The first kappa shape index (κ1) is 17.9. The minimum Gasteiger partial charge on any atom is -0.488 e. The van der Waals surface area contributed by atoms with Gasteiger partial charge in [-0.25, -0.2) is 4.98 Å². The van der Waals surface area contributed by atoms with E-state index >= 15 is 0 Å². The number of hydrogen-bond acceptors (Lipinski definition) is 5. The van der Waals surface area contributed by atoms with Crippen molar-refractivity contribution in [2.24, 2.45) is 0 Å². The summed E-state index contributed by atoms with van der Waals surface area (Å²) in [5, 5.41) is 4.40. The zero-order valence-corrected chi connectivity index (χ0v) is 16.0. The average Bonchev–Trinajstić information content (AvgIpc) is 3.35. The topological polar surface area (TPSA) is 85.7 Å². The molecule has 0 unspecified atom stereocenters. The van der Waals surface area contributed by atoms with Gasteiger partial charge >= 0.3 is 0 Å². The van der Waals surface area contributed by atoms with Gasteiger partial charge in [-0.05, 0) is 45.0 Å². The lowest BCUT2D eigenvalue weighted by molar-refractivity contribution is 0.101. The molecule has 4 rings (SSSR count). The molecule has 0 bridgehead atoms. The molecule has 0 radical (unpaired) electrons. The number of imidazole rings is 1. The van der Waals surface area contributed by atoms with Gasteiger partial charge in [0.25, 0.3) is 0 Å². The van der Waals surface area contributed by atoms with Crippen molar-refractivity contribution < 1.29 is 9.53 Å². The number of rotatable bonds is 6. The average molecular weight is 375 g/mol. The molecule has 0 fully saturated rings. The molecule has 0 saturated heterocycles. The number of hydrogen-bond donors (Lipinski definition) is 1. The van der Waals surface area contributed by atoms with Crippen LogP contribution in [0.25, 0.3) is 22.4 Å². The number of fused-ring (bicyclic) bond motifs is 1. The van der Waals surface area contributed by atoms with E-state index in [0.717, 1.165) is 22.5 Å². The molecule has 28 heavy (non-hydrogen) atoms. The molecule has 0 saturated carbocycles. The fraction of sp³-hybridized carbons (Fsp3) is 0.238. The Labute approximate surface area is 162 Å². The summed E-state index contributed by atoms with van der Waals surface area (Å²) in [4.78, 5) is 24.0. The van der Waals surface area contributed by atoms with E-state index in [2.05, 4.69) is 33.9 Å². The van der Waals surface area contributed by atoms with Crippen LogP contribution in [0.15, 0.2) is 49.1 Å². The fourth-order valence-corrected chi connectivity index (χ4v) is 3.32. The van der Waals surface area contributed by atoms with E-state index in [-0.39, 0.29) is 18.4 Å². The van der Waals surface area contributed by atoms with Crippen LogP contribution >= 0.6 is 0 Å². The highest BCUT2D eigenvalue weighted by atomic mass is 16.5. The van der Waals surface area contributed by atoms with Crippen molar-refractivity contribution >= 4 is 16.8 Å². The highest BCUT2D eigenvalue weighted by molar-refractivity contribution is 6.07. The number of benzene rings is 1. The van der Waals surface area contributed by atoms with Crippen molar-refractivity contribution in [3.05, 3.63) is 60.2 Å². The number of pyridine rings is 1. The van der Waals surface area contributed by atoms with Gasteiger partial charge in [0, 0.05) is 24.0 Å². The molecule has 1 aromatic carbocycles. The van der Waals surface area contributed by atoms with Crippen molar-refractivity contribution in [2.75, 3.05) is 0 Å². The summed E-state index contributed by atoms with van der Waals surface area (Å²) >= 11 is 0. The van der Waals surface area contributed by atoms with Crippen molar-refractivity contribution in [1.29, 1.82) is 0 Å². The first-order chi connectivity index (χ1) is 13.6. The van der Waals surface area contributed by atoms with Crippen molar-refractivity contribution in [1.82, 2.24) is 24.7 Å². The molecule has 1 N–H and O–H groups in total. The number of nitrogens with one attached hydrogen (secondary N) is 1. The molecule has 3 heterocycles. The van der Waals surface area contributed by atoms with E-state index in [9.17, 15) is 4.79 Å². The molecule has 0 spiro atoms. The van der Waals surface area contributed by atoms with Gasteiger partial charge < -0.3 is 9.72 Å². The molecular formula is C21H21N5O2. The van der Waals surface area contributed by atoms with Crippen molar-refractivity contribution in [3.8, 4) is 17.1 Å². The summed E-state index contributed by atoms with van der Waals surface area (Å²) in [5.74, 6) is 0.450. The highest BCUT2D eigenvalue weighted by Gasteiger charge is 2.17. The molecule has 7 heteroatoms. The second-order valence-corrected chi connectivity index (χ2v) is 6.85. The Morgan fingerprint density at radius 3 is 2.82 bits per heavy atom. The van der Waals surface area contributed by atoms with Crippen LogP contribution < -0.4 is 4.74 Å². The third kappa shape index (κ3) is 3.15. The van der Waals surface area contributed by atoms with Gasteiger partial charge in [-0.1, -0.05) is 6.07 Å². The van der Waals surface area contributed by atoms with Crippen LogP contribution in [0.5, 0.6) is 5.75 Å². The summed E-state index contributed by atoms with van der Waals surface area (Å²) in [6, 6.07) is 9.64. The lowest BCUT2D eigenvalue weighted by Gasteiger charge is -2.15. The molecule has 0 aliphatic rings. The number of aromatic nitrogens is 5. The van der Waals surface area contributed by atoms with E-state index in [1.807, 2.05) is 28.9 Å². The Bertz CT molecular complexity index is 1140. The van der Waals surface area contributed by atoms with E-state index in [0.29, 0.717) is 16.8 Å². The van der Waals surface area contributed by atoms with E-state index in [1.54, 1.807) is 24.8 Å². The summed E-state index contributed by atoms with van der Waals surface area (Å²) in [7, 11) is 0. The first-order valence-corrected chi connectivity index (χ1v) is 9.14. The number of carbonyl (C=O) groups excluding carboxylic acids is 1. The first-order valence-electron chi connectivity index (χ1n) is 9.14. The largest absolute Gasteiger partial charge is 0.488 e. The van der Waals surface area contributed by atoms with E-state index < -0.39 is 0 Å². The molecule has 3 aromatic heterocycles. The van der Waals surface area contributed by atoms with Crippen LogP contribution in [-0.2, 0) is 6.61 Å². The Kier molecular flexibility index (Phi) is 4.65. The fourth-order valence-electron chi connectivity index (χ4n) is 3.32. The third-order valence-corrected chi connectivity index (χ3v) is 4.59. The summed E-state index contributed by atoms with van der Waals surface area (Å²) in [5.41, 5.74) is 4.61. The number of aromatic amines is 1. The van der Waals surface area contributed by atoms with Gasteiger partial charge in [-0.3, -0.25) is 14.5 Å². The third-order valence-electron chi connectivity index (χ3n) is 4.59. The van der Waals surface area contributed by atoms with Crippen LogP contribution in [0.1, 0.15) is 42.7 Å². The zero-order valence-electron chi connectivity index (χ0n) is 16.0. The van der Waals surface area contributed by atoms with Gasteiger partial charge in [0.1, 0.15) is 12.4 Å². The maximum Gasteiger partial charge on any atom is 0.165 e. The van der Waals surface area contributed by atoms with E-state index in [4.69, 9.17) is 4.74 Å². The summed E-state index contributed by atoms with van der Waals surface area (Å²) in [6.45, 7) is 5.97. The number of carbonyl (C=O) groups is 1. The van der Waals surface area contributed by atoms with Crippen LogP contribution in [0.4, 0.5) is 0 Å². The molecule has 142 valence electrons. The second kappa shape index (κ2) is 7.26. The van der Waals surface area contributed by atoms with Gasteiger partial charge in [-0.15, -0.1) is 0 Å². The van der Waals surface area contributed by atoms with Crippen molar-refractivity contribution in [2.45, 2.75) is 33.4 Å². The quantitative estimate of drug-likeness (QED) is 0.511. The van der Waals surface area contributed by atoms with Crippen LogP contribution in [0, 0.1) is 0 Å². The molecule has 4 aromatic rings. The Hall–Kier alpha value is -3.48. The molecule has 7 nitrogen and oxygen atoms in total. The molecule has 0 aliphatic heterocycles. The van der Waals surface area contributed by atoms with Crippen LogP contribution in [0.3, 0.4) is 0 Å². The van der Waals surface area contributed by atoms with E-state index in [1.165, 1.54) is 6.92 Å². The minimum absolute atomic E-state index is 0.0749. The number of Topliss-reactive ketones (excluding diaryl/α,β-unsaturated/α-hetero) is 1. The van der Waals surface area contributed by atoms with Gasteiger partial charge in [0.05, 0.1) is 34.3 Å². The smallest absolute Gasteiger partial charge is 0.165 e. The number of nitrogens with zero attached hydrogens (tertiary/aromatic N) is 4. The van der Waals surface area contributed by atoms with Gasteiger partial charge in [-0.2, -0.15) is 5.10 Å². The predicted octanol–water partition coefficient (Wildman–Crippen LogP) is 4.18. The maximum atomic E-state index is 12.2. The van der Waals surface area contributed by atoms with Gasteiger partial charge in [0.15, 0.2) is 5.78 Å². The Morgan fingerprint density at radius 1 is 1.18 bits per heavy atom. The SMILES string of the molecule is CC(=O)c1c(OCc2cccnc2-c2ccnn2C(C)C)ccc2nc[nH]c12.